The van der Waals surface area contributed by atoms with Gasteiger partial charge >= 0.3 is 0 Å². The Kier molecular flexibility index (Phi) is 1.63. The molecule has 0 fully saturated rings. The summed E-state index contributed by atoms with van der Waals surface area (Å²) in [7, 11) is 0. The molecule has 0 saturated carbocycles. The van der Waals surface area contributed by atoms with Gasteiger partial charge in [0.05, 0.1) is 5.69 Å². The van der Waals surface area contributed by atoms with Crippen LogP contribution in [0.4, 0.5) is 0 Å². The number of hydrogen-bond donors (Lipinski definition) is 0. The third-order valence-electron chi connectivity index (χ3n) is 2.65. The number of pyridine rings is 1. The molecule has 70 valence electrons. The molecule has 3 rings (SSSR count). The van der Waals surface area contributed by atoms with E-state index in [0.717, 1.165) is 29.9 Å². The zero-order chi connectivity index (χ0) is 9.38. The summed E-state index contributed by atoms with van der Waals surface area (Å²) in [4.78, 5) is 3.99. The van der Waals surface area contributed by atoms with Crippen molar-refractivity contribution in [2.75, 3.05) is 0 Å². The van der Waals surface area contributed by atoms with E-state index in [0.29, 0.717) is 0 Å². The van der Waals surface area contributed by atoms with Gasteiger partial charge in [0.2, 0.25) is 0 Å². The highest BCUT2D eigenvalue weighted by molar-refractivity contribution is 5.62. The van der Waals surface area contributed by atoms with E-state index in [1.807, 2.05) is 12.1 Å². The molecule has 2 aromatic rings. The van der Waals surface area contributed by atoms with Crippen LogP contribution in [0.1, 0.15) is 17.7 Å². The van der Waals surface area contributed by atoms with Gasteiger partial charge in [0.1, 0.15) is 0 Å². The van der Waals surface area contributed by atoms with Crippen molar-refractivity contribution in [3.63, 3.8) is 0 Å². The fraction of sp³-hybridized carbons (Fsp3) is 0.273. The molecule has 0 unspecified atom stereocenters. The molecule has 0 aliphatic heterocycles. The van der Waals surface area contributed by atoms with Crippen LogP contribution in [0.3, 0.4) is 0 Å². The minimum Gasteiger partial charge on any atom is -0.356 e. The van der Waals surface area contributed by atoms with E-state index in [9.17, 15) is 0 Å². The summed E-state index contributed by atoms with van der Waals surface area (Å²) >= 11 is 0. The first kappa shape index (κ1) is 7.74. The van der Waals surface area contributed by atoms with Crippen molar-refractivity contribution in [3.05, 3.63) is 35.8 Å². The molecule has 2 heterocycles. The van der Waals surface area contributed by atoms with Crippen LogP contribution in [0.5, 0.6) is 0 Å². The number of nitrogens with zero attached hydrogens (tertiary/aromatic N) is 2. The summed E-state index contributed by atoms with van der Waals surface area (Å²) in [5.74, 6) is 0.930. The van der Waals surface area contributed by atoms with Crippen molar-refractivity contribution in [1.82, 2.24) is 10.1 Å². The fourth-order valence-corrected chi connectivity index (χ4v) is 1.96. The van der Waals surface area contributed by atoms with Gasteiger partial charge in [-0.05, 0) is 31.4 Å². The Hall–Kier alpha value is -1.64. The predicted molar refractivity (Wildman–Crippen MR) is 51.8 cm³/mol. The van der Waals surface area contributed by atoms with Crippen LogP contribution in [-0.4, -0.2) is 10.1 Å². The summed E-state index contributed by atoms with van der Waals surface area (Å²) in [6.07, 6.45) is 6.91. The molecule has 0 amide bonds. The van der Waals surface area contributed by atoms with Crippen molar-refractivity contribution in [3.8, 4) is 11.3 Å². The lowest BCUT2D eigenvalue weighted by Gasteiger charge is -1.96. The third kappa shape index (κ3) is 1.05. The average Bonchev–Trinajstić information content (AvgIpc) is 2.79. The second kappa shape index (κ2) is 2.94. The first-order valence-electron chi connectivity index (χ1n) is 4.83. The van der Waals surface area contributed by atoms with Gasteiger partial charge < -0.3 is 4.52 Å². The molecular weight excluding hydrogens is 176 g/mol. The molecule has 0 N–H and O–H groups in total. The number of aromatic nitrogens is 2. The second-order valence-corrected chi connectivity index (χ2v) is 3.53. The van der Waals surface area contributed by atoms with Gasteiger partial charge in [0, 0.05) is 23.5 Å². The summed E-state index contributed by atoms with van der Waals surface area (Å²) in [6.45, 7) is 0. The minimum atomic E-state index is 0.930. The maximum Gasteiger partial charge on any atom is 0.170 e. The van der Waals surface area contributed by atoms with Crippen LogP contribution in [-0.2, 0) is 12.8 Å². The lowest BCUT2D eigenvalue weighted by Crippen LogP contribution is -1.81. The first-order chi connectivity index (χ1) is 6.95. The van der Waals surface area contributed by atoms with Crippen LogP contribution in [0, 0.1) is 0 Å². The Morgan fingerprint density at radius 2 is 2.00 bits per heavy atom. The fourth-order valence-electron chi connectivity index (χ4n) is 1.96. The molecule has 0 saturated heterocycles. The Bertz CT molecular complexity index is 448. The molecule has 14 heavy (non-hydrogen) atoms. The predicted octanol–water partition coefficient (Wildman–Crippen LogP) is 2.23. The summed E-state index contributed by atoms with van der Waals surface area (Å²) in [6, 6.07) is 3.91. The van der Waals surface area contributed by atoms with Gasteiger partial charge in [-0.3, -0.25) is 4.98 Å². The first-order valence-corrected chi connectivity index (χ1v) is 4.83. The molecular formula is C11H10N2O. The summed E-state index contributed by atoms with van der Waals surface area (Å²) in [5, 5.41) is 4.08. The van der Waals surface area contributed by atoms with Crippen LogP contribution >= 0.6 is 0 Å². The molecule has 2 aromatic heterocycles. The zero-order valence-electron chi connectivity index (χ0n) is 7.73. The quantitative estimate of drug-likeness (QED) is 0.685. The highest BCUT2D eigenvalue weighted by Gasteiger charge is 2.21. The number of aryl methyl sites for hydroxylation is 1. The molecule has 3 heteroatoms. The molecule has 0 radical (unpaired) electrons. The third-order valence-corrected chi connectivity index (χ3v) is 2.65. The molecule has 0 bridgehead atoms. The number of rotatable bonds is 1. The molecule has 1 aliphatic rings. The Labute approximate surface area is 81.8 Å². The summed E-state index contributed by atoms with van der Waals surface area (Å²) in [5.41, 5.74) is 3.50. The SMILES string of the molecule is c1cc(-c2onc3c2CCC3)ccn1. The van der Waals surface area contributed by atoms with Gasteiger partial charge in [-0.2, -0.15) is 0 Å². The Morgan fingerprint density at radius 1 is 1.14 bits per heavy atom. The highest BCUT2D eigenvalue weighted by atomic mass is 16.5. The normalized spacial score (nSPS) is 14.3. The van der Waals surface area contributed by atoms with Crippen LogP contribution in [0.2, 0.25) is 0 Å². The van der Waals surface area contributed by atoms with E-state index in [-0.39, 0.29) is 0 Å². The van der Waals surface area contributed by atoms with Crippen molar-refractivity contribution < 1.29 is 4.52 Å². The van der Waals surface area contributed by atoms with Gasteiger partial charge in [0.15, 0.2) is 5.76 Å². The van der Waals surface area contributed by atoms with Gasteiger partial charge in [-0.15, -0.1) is 0 Å². The molecule has 3 nitrogen and oxygen atoms in total. The van der Waals surface area contributed by atoms with Gasteiger partial charge in [-0.25, -0.2) is 0 Å². The van der Waals surface area contributed by atoms with Crippen LogP contribution < -0.4 is 0 Å². The highest BCUT2D eigenvalue weighted by Crippen LogP contribution is 2.31. The van der Waals surface area contributed by atoms with Crippen LogP contribution in [0.15, 0.2) is 29.0 Å². The molecule has 1 aliphatic carbocycles. The molecule has 0 aromatic carbocycles. The van der Waals surface area contributed by atoms with E-state index in [1.165, 1.54) is 12.0 Å². The van der Waals surface area contributed by atoms with E-state index in [1.54, 1.807) is 12.4 Å². The number of fused-ring (bicyclic) bond motifs is 1. The van der Waals surface area contributed by atoms with Gasteiger partial charge in [0.25, 0.3) is 0 Å². The Morgan fingerprint density at radius 3 is 2.86 bits per heavy atom. The lowest BCUT2D eigenvalue weighted by atomic mass is 10.1. The topological polar surface area (TPSA) is 38.9 Å². The van der Waals surface area contributed by atoms with Crippen molar-refractivity contribution >= 4 is 0 Å². The van der Waals surface area contributed by atoms with Crippen molar-refractivity contribution in [1.29, 1.82) is 0 Å². The zero-order valence-corrected chi connectivity index (χ0v) is 7.73. The average molecular weight is 186 g/mol. The maximum atomic E-state index is 5.35. The molecule has 0 spiro atoms. The second-order valence-electron chi connectivity index (χ2n) is 3.53. The van der Waals surface area contributed by atoms with Gasteiger partial charge in [-0.1, -0.05) is 5.16 Å². The lowest BCUT2D eigenvalue weighted by molar-refractivity contribution is 0.420. The maximum absolute atomic E-state index is 5.35. The molecule has 0 atom stereocenters. The van der Waals surface area contributed by atoms with Crippen LogP contribution in [0.25, 0.3) is 11.3 Å². The standard InChI is InChI=1S/C11H10N2O/c1-2-9-10(3-1)13-14-11(9)8-4-6-12-7-5-8/h4-7H,1-3H2. The van der Waals surface area contributed by atoms with Crippen molar-refractivity contribution in [2.45, 2.75) is 19.3 Å². The monoisotopic (exact) mass is 186 g/mol. The van der Waals surface area contributed by atoms with E-state index in [2.05, 4.69) is 10.1 Å². The van der Waals surface area contributed by atoms with E-state index < -0.39 is 0 Å². The summed E-state index contributed by atoms with van der Waals surface area (Å²) < 4.78 is 5.35. The largest absolute Gasteiger partial charge is 0.356 e. The minimum absolute atomic E-state index is 0.930. The number of hydrogen-bond acceptors (Lipinski definition) is 3. The van der Waals surface area contributed by atoms with E-state index >= 15 is 0 Å². The smallest absolute Gasteiger partial charge is 0.170 e. The van der Waals surface area contributed by atoms with Crippen molar-refractivity contribution in [2.24, 2.45) is 0 Å². The van der Waals surface area contributed by atoms with E-state index in [4.69, 9.17) is 4.52 Å². The Balaban J connectivity index is 2.13.